The van der Waals surface area contributed by atoms with Gasteiger partial charge in [-0.2, -0.15) is 4.31 Å². The summed E-state index contributed by atoms with van der Waals surface area (Å²) in [5.74, 6) is 2.93. The molecule has 0 amide bonds. The van der Waals surface area contributed by atoms with Crippen molar-refractivity contribution in [2.45, 2.75) is 31.2 Å². The van der Waals surface area contributed by atoms with Crippen LogP contribution in [0.5, 0.6) is 0 Å². The van der Waals surface area contributed by atoms with Crippen LogP contribution in [0.15, 0.2) is 23.1 Å². The lowest BCUT2D eigenvalue weighted by Gasteiger charge is -2.20. The first-order chi connectivity index (χ1) is 9.98. The Kier molecular flexibility index (Phi) is 5.04. The van der Waals surface area contributed by atoms with Crippen LogP contribution < -0.4 is 5.32 Å². The van der Waals surface area contributed by atoms with Gasteiger partial charge in [-0.15, -0.1) is 6.42 Å². The van der Waals surface area contributed by atoms with Gasteiger partial charge < -0.3 is 5.32 Å². The van der Waals surface area contributed by atoms with Gasteiger partial charge in [-0.3, -0.25) is 0 Å². The molecular weight excluding hydrogens is 284 g/mol. The second kappa shape index (κ2) is 6.61. The lowest BCUT2D eigenvalue weighted by molar-refractivity contribution is 0.430. The van der Waals surface area contributed by atoms with Crippen molar-refractivity contribution in [2.75, 3.05) is 20.1 Å². The molecule has 1 N–H and O–H groups in total. The van der Waals surface area contributed by atoms with E-state index in [9.17, 15) is 8.42 Å². The van der Waals surface area contributed by atoms with E-state index in [1.54, 1.807) is 12.1 Å². The highest BCUT2D eigenvalue weighted by molar-refractivity contribution is 7.89. The molecule has 1 saturated carbocycles. The fourth-order valence-corrected chi connectivity index (χ4v) is 3.76. The predicted octanol–water partition coefficient (Wildman–Crippen LogP) is 1.75. The number of hydrogen-bond acceptors (Lipinski definition) is 3. The smallest absolute Gasteiger partial charge is 0.243 e. The van der Waals surface area contributed by atoms with E-state index in [2.05, 4.69) is 11.2 Å². The largest absolute Gasteiger partial charge is 0.316 e. The van der Waals surface area contributed by atoms with Crippen molar-refractivity contribution in [3.8, 4) is 12.3 Å². The fourth-order valence-electron chi connectivity index (χ4n) is 2.28. The molecular formula is C16H22N2O2S. The Morgan fingerprint density at radius 2 is 2.14 bits per heavy atom. The van der Waals surface area contributed by atoms with Crippen LogP contribution in [0.25, 0.3) is 0 Å². The number of terminal acetylenes is 1. The van der Waals surface area contributed by atoms with Crippen LogP contribution in [0.3, 0.4) is 0 Å². The van der Waals surface area contributed by atoms with E-state index in [0.717, 1.165) is 24.0 Å². The zero-order valence-corrected chi connectivity index (χ0v) is 13.4. The molecule has 4 nitrogen and oxygen atoms in total. The number of hydrogen-bond donors (Lipinski definition) is 1. The van der Waals surface area contributed by atoms with Gasteiger partial charge in [0.25, 0.3) is 0 Å². The number of nitrogens with zero attached hydrogens (tertiary/aromatic N) is 1. The topological polar surface area (TPSA) is 49.4 Å². The van der Waals surface area contributed by atoms with Gasteiger partial charge in [-0.05, 0) is 56.0 Å². The molecule has 1 fully saturated rings. The Hall–Kier alpha value is -1.35. The van der Waals surface area contributed by atoms with E-state index >= 15 is 0 Å². The van der Waals surface area contributed by atoms with Gasteiger partial charge in [0, 0.05) is 13.1 Å². The molecule has 2 rings (SSSR count). The standard InChI is InChI=1S/C16H22N2O2S/c1-4-9-18(12-14-6-7-14)21(19,20)16-8-5-13(2)15(10-16)11-17-3/h1,5,8,10,14,17H,6-7,9,11-12H2,2-3H3. The minimum absolute atomic E-state index is 0.133. The SMILES string of the molecule is C#CCN(CC1CC1)S(=O)(=O)c1ccc(C)c(CNC)c1. The maximum Gasteiger partial charge on any atom is 0.243 e. The second-order valence-corrected chi connectivity index (χ2v) is 7.50. The van der Waals surface area contributed by atoms with Crippen LogP contribution in [0, 0.1) is 25.2 Å². The van der Waals surface area contributed by atoms with Crippen LogP contribution in [0.4, 0.5) is 0 Å². The zero-order valence-electron chi connectivity index (χ0n) is 12.6. The highest BCUT2D eigenvalue weighted by Crippen LogP contribution is 2.31. The molecule has 0 atom stereocenters. The first-order valence-electron chi connectivity index (χ1n) is 7.16. The van der Waals surface area contributed by atoms with Crippen molar-refractivity contribution >= 4 is 10.0 Å². The summed E-state index contributed by atoms with van der Waals surface area (Å²) in [5, 5.41) is 3.06. The number of benzene rings is 1. The molecule has 0 bridgehead atoms. The van der Waals surface area contributed by atoms with E-state index in [0.29, 0.717) is 23.9 Å². The fraction of sp³-hybridized carbons (Fsp3) is 0.500. The lowest BCUT2D eigenvalue weighted by atomic mass is 10.1. The molecule has 1 aliphatic rings. The molecule has 21 heavy (non-hydrogen) atoms. The van der Waals surface area contributed by atoms with E-state index in [4.69, 9.17) is 6.42 Å². The first-order valence-corrected chi connectivity index (χ1v) is 8.60. The Morgan fingerprint density at radius 3 is 2.71 bits per heavy atom. The number of rotatable bonds is 7. The van der Waals surface area contributed by atoms with Gasteiger partial charge in [0.05, 0.1) is 11.4 Å². The highest BCUT2D eigenvalue weighted by atomic mass is 32.2. The molecule has 0 aliphatic heterocycles. The maximum atomic E-state index is 12.8. The number of aryl methyl sites for hydroxylation is 1. The van der Waals surface area contributed by atoms with Gasteiger partial charge >= 0.3 is 0 Å². The molecule has 1 aliphatic carbocycles. The summed E-state index contributed by atoms with van der Waals surface area (Å²) in [5.41, 5.74) is 2.07. The van der Waals surface area contributed by atoms with Crippen LogP contribution in [-0.2, 0) is 16.6 Å². The van der Waals surface area contributed by atoms with Gasteiger partial charge in [-0.1, -0.05) is 12.0 Å². The normalized spacial score (nSPS) is 15.1. The summed E-state index contributed by atoms with van der Waals surface area (Å²) < 4.78 is 27.0. The Balaban J connectivity index is 2.32. The van der Waals surface area contributed by atoms with Gasteiger partial charge in [0.15, 0.2) is 0 Å². The minimum Gasteiger partial charge on any atom is -0.316 e. The summed E-state index contributed by atoms with van der Waals surface area (Å²) in [6, 6.07) is 5.27. The lowest BCUT2D eigenvalue weighted by Crippen LogP contribution is -2.33. The summed E-state index contributed by atoms with van der Waals surface area (Å²) in [7, 11) is -1.67. The van der Waals surface area contributed by atoms with Crippen LogP contribution in [0.1, 0.15) is 24.0 Å². The third kappa shape index (κ3) is 3.85. The minimum atomic E-state index is -3.51. The summed E-state index contributed by atoms with van der Waals surface area (Å²) in [4.78, 5) is 0.328. The molecule has 1 aromatic carbocycles. The molecule has 0 radical (unpaired) electrons. The van der Waals surface area contributed by atoms with Gasteiger partial charge in [0.2, 0.25) is 10.0 Å². The maximum absolute atomic E-state index is 12.8. The van der Waals surface area contributed by atoms with E-state index < -0.39 is 10.0 Å². The van der Waals surface area contributed by atoms with Crippen LogP contribution >= 0.6 is 0 Å². The quantitative estimate of drug-likeness (QED) is 0.781. The summed E-state index contributed by atoms with van der Waals surface area (Å²) in [6.07, 6.45) is 7.52. The Morgan fingerprint density at radius 1 is 1.43 bits per heavy atom. The molecule has 0 heterocycles. The van der Waals surface area contributed by atoms with E-state index in [1.165, 1.54) is 4.31 Å². The molecule has 0 unspecified atom stereocenters. The van der Waals surface area contributed by atoms with Gasteiger partial charge in [-0.25, -0.2) is 8.42 Å². The van der Waals surface area contributed by atoms with Crippen molar-refractivity contribution < 1.29 is 8.42 Å². The average Bonchev–Trinajstić information content (AvgIpc) is 3.25. The van der Waals surface area contributed by atoms with Crippen LogP contribution in [-0.4, -0.2) is 32.9 Å². The third-order valence-electron chi connectivity index (χ3n) is 3.75. The van der Waals surface area contributed by atoms with E-state index in [1.807, 2.05) is 20.0 Å². The van der Waals surface area contributed by atoms with Gasteiger partial charge in [0.1, 0.15) is 0 Å². The predicted molar refractivity (Wildman–Crippen MR) is 84.3 cm³/mol. The first kappa shape index (κ1) is 16.0. The summed E-state index contributed by atoms with van der Waals surface area (Å²) >= 11 is 0. The molecule has 0 aromatic heterocycles. The van der Waals surface area contributed by atoms with Crippen molar-refractivity contribution in [3.05, 3.63) is 29.3 Å². The molecule has 114 valence electrons. The second-order valence-electron chi connectivity index (χ2n) is 5.56. The van der Waals surface area contributed by atoms with Crippen LogP contribution in [0.2, 0.25) is 0 Å². The van der Waals surface area contributed by atoms with Crippen molar-refractivity contribution in [3.63, 3.8) is 0 Å². The van der Waals surface area contributed by atoms with E-state index in [-0.39, 0.29) is 6.54 Å². The Bertz CT molecular complexity index is 643. The summed E-state index contributed by atoms with van der Waals surface area (Å²) in [6.45, 7) is 3.29. The number of sulfonamides is 1. The average molecular weight is 306 g/mol. The molecule has 5 heteroatoms. The van der Waals surface area contributed by atoms with Crippen molar-refractivity contribution in [1.82, 2.24) is 9.62 Å². The zero-order chi connectivity index (χ0) is 15.5. The monoisotopic (exact) mass is 306 g/mol. The highest BCUT2D eigenvalue weighted by Gasteiger charge is 2.31. The van der Waals surface area contributed by atoms with Crippen molar-refractivity contribution in [1.29, 1.82) is 0 Å². The molecule has 1 aromatic rings. The molecule has 0 saturated heterocycles. The molecule has 0 spiro atoms. The van der Waals surface area contributed by atoms with Crippen molar-refractivity contribution in [2.24, 2.45) is 5.92 Å². The number of nitrogens with one attached hydrogen (secondary N) is 1. The third-order valence-corrected chi connectivity index (χ3v) is 5.56. The Labute approximate surface area is 127 Å².